The van der Waals surface area contributed by atoms with Crippen molar-refractivity contribution >= 4 is 23.2 Å². The Hall–Kier alpha value is -0.450. The van der Waals surface area contributed by atoms with E-state index in [4.69, 9.17) is 28.9 Å². The van der Waals surface area contributed by atoms with Gasteiger partial charge in [0.05, 0.1) is 16.0 Å². The molecule has 0 atom stereocenters. The van der Waals surface area contributed by atoms with E-state index < -0.39 is 17.6 Å². The summed E-state index contributed by atoms with van der Waals surface area (Å²) in [7, 11) is 0. The van der Waals surface area contributed by atoms with Crippen LogP contribution in [-0.4, -0.2) is 6.18 Å². The lowest BCUT2D eigenvalue weighted by molar-refractivity contribution is -0.184. The Morgan fingerprint density at radius 2 is 1.74 bits per heavy atom. The predicted molar refractivity (Wildman–Crippen MR) is 70.3 cm³/mol. The smallest absolute Gasteiger partial charge is 0.321 e. The highest BCUT2D eigenvalue weighted by atomic mass is 35.5. The minimum atomic E-state index is -4.14. The molecule has 19 heavy (non-hydrogen) atoms. The van der Waals surface area contributed by atoms with Gasteiger partial charge in [-0.15, -0.1) is 0 Å². The van der Waals surface area contributed by atoms with Crippen molar-refractivity contribution in [1.82, 2.24) is 0 Å². The molecular formula is C13H14Cl2F3N. The highest BCUT2D eigenvalue weighted by Crippen LogP contribution is 2.46. The summed E-state index contributed by atoms with van der Waals surface area (Å²) in [6, 6.07) is 5.09. The summed E-state index contributed by atoms with van der Waals surface area (Å²) in [6.45, 7) is 0. The first-order valence-corrected chi connectivity index (χ1v) is 6.80. The van der Waals surface area contributed by atoms with Gasteiger partial charge in [-0.1, -0.05) is 35.3 Å². The fourth-order valence-electron chi connectivity index (χ4n) is 2.62. The molecule has 1 fully saturated rings. The maximum atomic E-state index is 12.7. The summed E-state index contributed by atoms with van der Waals surface area (Å²) < 4.78 is 38.0. The van der Waals surface area contributed by atoms with Crippen LogP contribution in [-0.2, 0) is 5.54 Å². The van der Waals surface area contributed by atoms with E-state index in [2.05, 4.69) is 0 Å². The van der Waals surface area contributed by atoms with Gasteiger partial charge in [0.25, 0.3) is 0 Å². The van der Waals surface area contributed by atoms with Crippen LogP contribution < -0.4 is 5.73 Å². The number of alkyl halides is 3. The zero-order valence-electron chi connectivity index (χ0n) is 10.1. The first kappa shape index (κ1) is 14.9. The quantitative estimate of drug-likeness (QED) is 0.784. The van der Waals surface area contributed by atoms with Crippen LogP contribution in [0.25, 0.3) is 0 Å². The average Bonchev–Trinajstić information content (AvgIpc) is 2.32. The van der Waals surface area contributed by atoms with Crippen LogP contribution in [0.3, 0.4) is 0 Å². The first-order chi connectivity index (χ1) is 8.74. The Morgan fingerprint density at radius 3 is 2.26 bits per heavy atom. The van der Waals surface area contributed by atoms with Crippen LogP contribution in [0, 0.1) is 5.92 Å². The molecule has 106 valence electrons. The second-order valence-corrected chi connectivity index (χ2v) is 5.86. The van der Waals surface area contributed by atoms with Gasteiger partial charge in [0.2, 0.25) is 0 Å². The maximum absolute atomic E-state index is 12.7. The fraction of sp³-hybridized carbons (Fsp3) is 0.538. The number of hydrogen-bond donors (Lipinski definition) is 1. The standard InChI is InChI=1S/C13H14Cl2F3N/c14-10-3-1-2-9(11(10)15)12(19)6-4-8(5-7-12)13(16,17)18/h1-3,8H,4-7,19H2. The fourth-order valence-corrected chi connectivity index (χ4v) is 3.11. The molecule has 0 heterocycles. The second kappa shape index (κ2) is 5.15. The Labute approximate surface area is 119 Å². The van der Waals surface area contributed by atoms with E-state index in [0.29, 0.717) is 15.6 Å². The van der Waals surface area contributed by atoms with Crippen LogP contribution in [0.5, 0.6) is 0 Å². The van der Waals surface area contributed by atoms with E-state index in [1.54, 1.807) is 18.2 Å². The van der Waals surface area contributed by atoms with Crippen molar-refractivity contribution < 1.29 is 13.2 Å². The largest absolute Gasteiger partial charge is 0.391 e. The topological polar surface area (TPSA) is 26.0 Å². The zero-order chi connectivity index (χ0) is 14.3. The Bertz CT molecular complexity index is 465. The molecule has 0 aromatic heterocycles. The molecule has 1 aliphatic carbocycles. The molecule has 1 aromatic rings. The van der Waals surface area contributed by atoms with Crippen molar-refractivity contribution in [3.63, 3.8) is 0 Å². The molecule has 6 heteroatoms. The van der Waals surface area contributed by atoms with E-state index in [-0.39, 0.29) is 25.7 Å². The molecule has 0 aliphatic heterocycles. The molecule has 1 aromatic carbocycles. The average molecular weight is 312 g/mol. The normalized spacial score (nSPS) is 28.4. The number of hydrogen-bond acceptors (Lipinski definition) is 1. The minimum absolute atomic E-state index is 0.0306. The van der Waals surface area contributed by atoms with Crippen molar-refractivity contribution in [2.45, 2.75) is 37.4 Å². The van der Waals surface area contributed by atoms with Gasteiger partial charge < -0.3 is 5.73 Å². The van der Waals surface area contributed by atoms with Gasteiger partial charge in [0.1, 0.15) is 0 Å². The monoisotopic (exact) mass is 311 g/mol. The van der Waals surface area contributed by atoms with E-state index in [1.165, 1.54) is 0 Å². The third-order valence-corrected chi connectivity index (χ3v) is 4.65. The highest BCUT2D eigenvalue weighted by Gasteiger charge is 2.45. The number of nitrogens with two attached hydrogens (primary N) is 1. The Morgan fingerprint density at radius 1 is 1.16 bits per heavy atom. The number of halogens is 5. The molecule has 1 aliphatic rings. The SMILES string of the molecule is NC1(c2cccc(Cl)c2Cl)CCC(C(F)(F)F)CC1. The highest BCUT2D eigenvalue weighted by molar-refractivity contribution is 6.42. The van der Waals surface area contributed by atoms with Gasteiger partial charge in [-0.25, -0.2) is 0 Å². The van der Waals surface area contributed by atoms with Gasteiger partial charge in [-0.3, -0.25) is 0 Å². The molecule has 0 saturated heterocycles. The molecule has 2 N–H and O–H groups in total. The Kier molecular flexibility index (Phi) is 4.05. The molecule has 0 bridgehead atoms. The molecule has 0 unspecified atom stereocenters. The van der Waals surface area contributed by atoms with E-state index in [9.17, 15) is 13.2 Å². The summed E-state index contributed by atoms with van der Waals surface area (Å²) in [6.07, 6.45) is -3.56. The van der Waals surface area contributed by atoms with E-state index >= 15 is 0 Å². The van der Waals surface area contributed by atoms with Gasteiger partial charge in [0, 0.05) is 5.54 Å². The molecule has 1 saturated carbocycles. The van der Waals surface area contributed by atoms with Crippen LogP contribution in [0.4, 0.5) is 13.2 Å². The minimum Gasteiger partial charge on any atom is -0.321 e. The molecular weight excluding hydrogens is 298 g/mol. The first-order valence-electron chi connectivity index (χ1n) is 6.04. The van der Waals surface area contributed by atoms with Crippen molar-refractivity contribution in [3.05, 3.63) is 33.8 Å². The summed E-state index contributed by atoms with van der Waals surface area (Å²) in [5.41, 5.74) is 6.07. The van der Waals surface area contributed by atoms with Crippen LogP contribution >= 0.6 is 23.2 Å². The lowest BCUT2D eigenvalue weighted by atomic mass is 9.73. The molecule has 0 radical (unpaired) electrons. The summed E-state index contributed by atoms with van der Waals surface area (Å²) in [5.74, 6) is -1.26. The van der Waals surface area contributed by atoms with Crippen molar-refractivity contribution in [3.8, 4) is 0 Å². The second-order valence-electron chi connectivity index (χ2n) is 5.07. The molecule has 0 spiro atoms. The predicted octanol–water partition coefficient (Wildman–Crippen LogP) is 4.90. The zero-order valence-corrected chi connectivity index (χ0v) is 11.6. The van der Waals surface area contributed by atoms with Crippen LogP contribution in [0.15, 0.2) is 18.2 Å². The van der Waals surface area contributed by atoms with Crippen molar-refractivity contribution in [1.29, 1.82) is 0 Å². The third kappa shape index (κ3) is 3.01. The lowest BCUT2D eigenvalue weighted by Gasteiger charge is -2.38. The maximum Gasteiger partial charge on any atom is 0.391 e. The lowest BCUT2D eigenvalue weighted by Crippen LogP contribution is -2.43. The van der Waals surface area contributed by atoms with Gasteiger partial charge in [0.15, 0.2) is 0 Å². The molecule has 2 rings (SSSR count). The van der Waals surface area contributed by atoms with Gasteiger partial charge in [-0.05, 0) is 37.3 Å². The number of benzene rings is 1. The van der Waals surface area contributed by atoms with E-state index in [1.807, 2.05) is 0 Å². The Balaban J connectivity index is 2.21. The molecule has 0 amide bonds. The third-order valence-electron chi connectivity index (χ3n) is 3.83. The summed E-state index contributed by atoms with van der Waals surface area (Å²) in [4.78, 5) is 0. The van der Waals surface area contributed by atoms with Crippen LogP contribution in [0.1, 0.15) is 31.2 Å². The van der Waals surface area contributed by atoms with E-state index in [0.717, 1.165) is 0 Å². The summed E-state index contributed by atoms with van der Waals surface area (Å²) in [5, 5.41) is 0.721. The van der Waals surface area contributed by atoms with Crippen molar-refractivity contribution in [2.24, 2.45) is 11.7 Å². The molecule has 1 nitrogen and oxygen atoms in total. The van der Waals surface area contributed by atoms with Crippen molar-refractivity contribution in [2.75, 3.05) is 0 Å². The summed E-state index contributed by atoms with van der Waals surface area (Å²) >= 11 is 12.0. The number of rotatable bonds is 1. The van der Waals surface area contributed by atoms with Crippen LogP contribution in [0.2, 0.25) is 10.0 Å². The van der Waals surface area contributed by atoms with Gasteiger partial charge in [-0.2, -0.15) is 13.2 Å². The van der Waals surface area contributed by atoms with Gasteiger partial charge >= 0.3 is 6.18 Å².